The molecule has 33 heavy (non-hydrogen) atoms. The highest BCUT2D eigenvalue weighted by molar-refractivity contribution is 7.89. The summed E-state index contributed by atoms with van der Waals surface area (Å²) in [5.41, 5.74) is 2.85. The minimum atomic E-state index is -4.07. The monoisotopic (exact) mass is 514 g/mol. The number of hydrogen-bond donors (Lipinski definition) is 2. The summed E-state index contributed by atoms with van der Waals surface area (Å²) in [5.74, 6) is -2.40. The van der Waals surface area contributed by atoms with Crippen LogP contribution in [0.1, 0.15) is 35.4 Å². The fraction of sp³-hybridized carbons (Fsp3) is 0.364. The maximum absolute atomic E-state index is 13.1. The van der Waals surface area contributed by atoms with E-state index in [1.54, 1.807) is 18.2 Å². The Bertz CT molecular complexity index is 1140. The van der Waals surface area contributed by atoms with Gasteiger partial charge in [-0.15, -0.1) is 0 Å². The maximum atomic E-state index is 13.1. The number of nitrogens with zero attached hydrogens (tertiary/aromatic N) is 2. The van der Waals surface area contributed by atoms with Crippen LogP contribution in [0.25, 0.3) is 0 Å². The highest BCUT2D eigenvalue weighted by Gasteiger charge is 2.29. The number of carboxylic acids is 2. The molecule has 8 nitrogen and oxygen atoms in total. The second-order valence-electron chi connectivity index (χ2n) is 7.97. The van der Waals surface area contributed by atoms with Crippen molar-refractivity contribution in [2.45, 2.75) is 30.2 Å². The fourth-order valence-corrected chi connectivity index (χ4v) is 5.95. The molecule has 0 saturated carbocycles. The summed E-state index contributed by atoms with van der Waals surface area (Å²) in [4.78, 5) is 24.0. The lowest BCUT2D eigenvalue weighted by molar-refractivity contribution is -0.137. The van der Waals surface area contributed by atoms with Crippen LogP contribution in [0.4, 0.5) is 0 Å². The normalized spacial score (nSPS) is 16.5. The van der Waals surface area contributed by atoms with E-state index in [1.807, 2.05) is 13.1 Å². The van der Waals surface area contributed by atoms with Crippen molar-refractivity contribution in [2.24, 2.45) is 0 Å². The van der Waals surface area contributed by atoms with Crippen molar-refractivity contribution < 1.29 is 28.2 Å². The molecule has 0 saturated heterocycles. The minimum Gasteiger partial charge on any atom is -0.481 e. The standard InChI is InChI=1S/C22H24Cl2N2O6S/c1-25-12-18(17-10-15(23)11-20(24)19(17)13-25)14-2-4-16(5-3-14)33(31,32)26(8-6-21(27)28)9-7-22(29)30/h2-5,10-11,18H,6-9,12-13H2,1H3,(H,27,28)(H,29,30). The van der Waals surface area contributed by atoms with Crippen LogP contribution in [0, 0.1) is 0 Å². The van der Waals surface area contributed by atoms with Crippen molar-refractivity contribution in [3.63, 3.8) is 0 Å². The van der Waals surface area contributed by atoms with Gasteiger partial charge in [0.05, 0.1) is 17.7 Å². The molecule has 0 amide bonds. The number of rotatable bonds is 9. The van der Waals surface area contributed by atoms with E-state index in [0.717, 1.165) is 21.0 Å². The Labute approximate surface area is 202 Å². The first-order chi connectivity index (χ1) is 15.5. The van der Waals surface area contributed by atoms with Gasteiger partial charge in [0.25, 0.3) is 0 Å². The van der Waals surface area contributed by atoms with Crippen molar-refractivity contribution in [3.8, 4) is 0 Å². The minimum absolute atomic E-state index is 0.0319. The van der Waals surface area contributed by atoms with Gasteiger partial charge in [0.1, 0.15) is 0 Å². The zero-order valence-corrected chi connectivity index (χ0v) is 20.2. The highest BCUT2D eigenvalue weighted by Crippen LogP contribution is 2.38. The number of fused-ring (bicyclic) bond motifs is 1. The van der Waals surface area contributed by atoms with E-state index in [1.165, 1.54) is 12.1 Å². The molecule has 11 heteroatoms. The molecule has 0 aromatic heterocycles. The van der Waals surface area contributed by atoms with E-state index >= 15 is 0 Å². The molecule has 2 aromatic carbocycles. The van der Waals surface area contributed by atoms with Gasteiger partial charge < -0.3 is 15.1 Å². The number of benzene rings is 2. The number of likely N-dealkylation sites (N-methyl/N-ethyl adjacent to an activating group) is 1. The van der Waals surface area contributed by atoms with Crippen LogP contribution in [-0.2, 0) is 26.2 Å². The zero-order chi connectivity index (χ0) is 24.3. The van der Waals surface area contributed by atoms with Gasteiger partial charge in [-0.25, -0.2) is 8.42 Å². The molecule has 1 unspecified atom stereocenters. The molecule has 0 fully saturated rings. The first-order valence-electron chi connectivity index (χ1n) is 10.2. The zero-order valence-electron chi connectivity index (χ0n) is 17.9. The summed E-state index contributed by atoms with van der Waals surface area (Å²) >= 11 is 12.6. The van der Waals surface area contributed by atoms with Crippen molar-refractivity contribution >= 4 is 45.2 Å². The Balaban J connectivity index is 1.91. The molecular weight excluding hydrogens is 491 g/mol. The van der Waals surface area contributed by atoms with Gasteiger partial charge in [-0.2, -0.15) is 4.31 Å². The molecule has 2 N–H and O–H groups in total. The number of sulfonamides is 1. The third-order valence-electron chi connectivity index (χ3n) is 5.56. The molecule has 0 radical (unpaired) electrons. The first kappa shape index (κ1) is 25.5. The van der Waals surface area contributed by atoms with Crippen molar-refractivity contribution in [1.82, 2.24) is 9.21 Å². The maximum Gasteiger partial charge on any atom is 0.304 e. The van der Waals surface area contributed by atoms with Crippen LogP contribution in [-0.4, -0.2) is 66.5 Å². The van der Waals surface area contributed by atoms with Crippen LogP contribution < -0.4 is 0 Å². The average Bonchev–Trinajstić information content (AvgIpc) is 2.73. The van der Waals surface area contributed by atoms with E-state index in [9.17, 15) is 18.0 Å². The number of hydrogen-bond acceptors (Lipinski definition) is 5. The molecule has 0 bridgehead atoms. The molecule has 178 valence electrons. The Hall–Kier alpha value is -2.17. The van der Waals surface area contributed by atoms with E-state index < -0.39 is 34.8 Å². The Morgan fingerprint density at radius 2 is 1.64 bits per heavy atom. The third-order valence-corrected chi connectivity index (χ3v) is 8.03. The first-order valence-corrected chi connectivity index (χ1v) is 12.4. The second kappa shape index (κ2) is 10.4. The molecule has 1 atom stereocenters. The summed E-state index contributed by atoms with van der Waals surface area (Å²) in [6.07, 6.45) is -0.854. The molecular formula is C22H24Cl2N2O6S. The Kier molecular flexibility index (Phi) is 8.02. The van der Waals surface area contributed by atoms with Gasteiger partial charge in [-0.05, 0) is 48.0 Å². The third kappa shape index (κ3) is 6.04. The molecule has 1 heterocycles. The molecule has 0 aliphatic carbocycles. The lowest BCUT2D eigenvalue weighted by Crippen LogP contribution is -2.35. The summed E-state index contributed by atoms with van der Waals surface area (Å²) in [6, 6.07) is 9.92. The number of carbonyl (C=O) groups is 2. The van der Waals surface area contributed by atoms with E-state index in [0.29, 0.717) is 23.1 Å². The smallest absolute Gasteiger partial charge is 0.304 e. The van der Waals surface area contributed by atoms with Crippen molar-refractivity contribution in [3.05, 3.63) is 63.1 Å². The predicted molar refractivity (Wildman–Crippen MR) is 124 cm³/mol. The Morgan fingerprint density at radius 3 is 2.18 bits per heavy atom. The quantitative estimate of drug-likeness (QED) is 0.525. The predicted octanol–water partition coefficient (Wildman–Crippen LogP) is 3.51. The van der Waals surface area contributed by atoms with Gasteiger partial charge >= 0.3 is 11.9 Å². The van der Waals surface area contributed by atoms with E-state index in [-0.39, 0.29) is 23.9 Å². The van der Waals surface area contributed by atoms with Gasteiger partial charge in [0.15, 0.2) is 0 Å². The molecule has 3 rings (SSSR count). The van der Waals surface area contributed by atoms with Gasteiger partial charge in [-0.3, -0.25) is 9.59 Å². The Morgan fingerprint density at radius 1 is 1.06 bits per heavy atom. The summed E-state index contributed by atoms with van der Waals surface area (Å²) < 4.78 is 27.1. The lowest BCUT2D eigenvalue weighted by atomic mass is 9.85. The van der Waals surface area contributed by atoms with Crippen LogP contribution in [0.2, 0.25) is 10.0 Å². The summed E-state index contributed by atoms with van der Waals surface area (Å²) in [6.45, 7) is 0.741. The molecule has 1 aliphatic heterocycles. The largest absolute Gasteiger partial charge is 0.481 e. The fourth-order valence-electron chi connectivity index (χ4n) is 3.94. The van der Waals surface area contributed by atoms with Crippen molar-refractivity contribution in [2.75, 3.05) is 26.7 Å². The second-order valence-corrected chi connectivity index (χ2v) is 10.7. The van der Waals surface area contributed by atoms with Crippen LogP contribution in [0.3, 0.4) is 0 Å². The summed E-state index contributed by atoms with van der Waals surface area (Å²) in [5, 5.41) is 19.0. The van der Waals surface area contributed by atoms with Gasteiger partial charge in [-0.1, -0.05) is 35.3 Å². The average molecular weight is 515 g/mol. The lowest BCUT2D eigenvalue weighted by Gasteiger charge is -2.33. The topological polar surface area (TPSA) is 115 Å². The number of carboxylic acid groups (broad SMARTS) is 2. The van der Waals surface area contributed by atoms with Crippen LogP contribution in [0.15, 0.2) is 41.3 Å². The van der Waals surface area contributed by atoms with Gasteiger partial charge in [0, 0.05) is 42.1 Å². The summed E-state index contributed by atoms with van der Waals surface area (Å²) in [7, 11) is -2.10. The molecule has 1 aliphatic rings. The van der Waals surface area contributed by atoms with Crippen molar-refractivity contribution in [1.29, 1.82) is 0 Å². The van der Waals surface area contributed by atoms with Gasteiger partial charge in [0.2, 0.25) is 10.0 Å². The van der Waals surface area contributed by atoms with E-state index in [2.05, 4.69) is 4.90 Å². The number of halogens is 2. The molecule has 0 spiro atoms. The van der Waals surface area contributed by atoms with Crippen LogP contribution in [0.5, 0.6) is 0 Å². The van der Waals surface area contributed by atoms with Crippen LogP contribution >= 0.6 is 23.2 Å². The van der Waals surface area contributed by atoms with E-state index in [4.69, 9.17) is 33.4 Å². The highest BCUT2D eigenvalue weighted by atomic mass is 35.5. The number of aliphatic carboxylic acids is 2. The molecule has 2 aromatic rings. The SMILES string of the molecule is CN1Cc2c(Cl)cc(Cl)cc2C(c2ccc(S(=O)(=O)N(CCC(=O)O)CCC(=O)O)cc2)C1.